The first-order valence-electron chi connectivity index (χ1n) is 8.79. The van der Waals surface area contributed by atoms with E-state index in [4.69, 9.17) is 9.47 Å². The van der Waals surface area contributed by atoms with E-state index in [9.17, 15) is 14.7 Å². The fourth-order valence-corrected chi connectivity index (χ4v) is 2.87. The molecule has 1 heterocycles. The summed E-state index contributed by atoms with van der Waals surface area (Å²) in [5.41, 5.74) is -0.464. The third-order valence-corrected chi connectivity index (χ3v) is 4.12. The van der Waals surface area contributed by atoms with Crippen molar-refractivity contribution in [2.24, 2.45) is 0 Å². The van der Waals surface area contributed by atoms with Gasteiger partial charge in [-0.15, -0.1) is 0 Å². The van der Waals surface area contributed by atoms with Gasteiger partial charge in [-0.2, -0.15) is 0 Å². The number of rotatable bonds is 4. The van der Waals surface area contributed by atoms with Crippen molar-refractivity contribution in [1.29, 1.82) is 0 Å². The summed E-state index contributed by atoms with van der Waals surface area (Å²) in [4.78, 5) is 24.9. The first-order chi connectivity index (χ1) is 11.8. The van der Waals surface area contributed by atoms with Gasteiger partial charge >= 0.3 is 12.1 Å². The Balaban J connectivity index is 2.13. The molecule has 1 aromatic rings. The summed E-state index contributed by atoms with van der Waals surface area (Å²) in [6.45, 7) is 12.1. The summed E-state index contributed by atoms with van der Waals surface area (Å²) >= 11 is 0. The van der Waals surface area contributed by atoms with Crippen LogP contribution in [0.2, 0.25) is 0 Å². The molecule has 6 nitrogen and oxygen atoms in total. The molecule has 0 saturated carbocycles. The summed E-state index contributed by atoms with van der Waals surface area (Å²) in [6, 6.07) is 7.66. The van der Waals surface area contributed by atoms with Gasteiger partial charge < -0.3 is 14.6 Å². The van der Waals surface area contributed by atoms with Crippen LogP contribution in [-0.4, -0.2) is 46.4 Å². The van der Waals surface area contributed by atoms with E-state index in [-0.39, 0.29) is 24.9 Å². The van der Waals surface area contributed by atoms with Crippen LogP contribution in [0.5, 0.6) is 5.75 Å². The van der Waals surface area contributed by atoms with Crippen molar-refractivity contribution in [2.75, 3.05) is 13.1 Å². The van der Waals surface area contributed by atoms with Crippen molar-refractivity contribution in [1.82, 2.24) is 4.90 Å². The molecule has 0 aliphatic carbocycles. The quantitative estimate of drug-likeness (QED) is 0.880. The van der Waals surface area contributed by atoms with Crippen LogP contribution in [0.15, 0.2) is 24.3 Å². The van der Waals surface area contributed by atoms with E-state index in [1.807, 2.05) is 24.3 Å². The van der Waals surface area contributed by atoms with E-state index in [2.05, 4.69) is 20.8 Å². The molecule has 1 fully saturated rings. The Labute approximate surface area is 155 Å². The number of likely N-dealkylation sites (tertiary alicyclic amines) is 1. The van der Waals surface area contributed by atoms with Gasteiger partial charge in [-0.1, -0.05) is 32.9 Å². The normalized spacial score (nSPS) is 16.6. The lowest BCUT2D eigenvalue weighted by Gasteiger charge is -2.48. The van der Waals surface area contributed by atoms with Gasteiger partial charge in [0.1, 0.15) is 11.4 Å². The lowest BCUT2D eigenvalue weighted by molar-refractivity contribution is -0.149. The van der Waals surface area contributed by atoms with Gasteiger partial charge in [0, 0.05) is 0 Å². The van der Waals surface area contributed by atoms with E-state index in [1.165, 1.54) is 4.90 Å². The molecule has 0 spiro atoms. The number of carbonyl (C=O) groups excluding carboxylic acids is 1. The molecule has 1 N–H and O–H groups in total. The van der Waals surface area contributed by atoms with Gasteiger partial charge in [0.2, 0.25) is 0 Å². The van der Waals surface area contributed by atoms with Crippen molar-refractivity contribution in [3.05, 3.63) is 29.8 Å². The highest BCUT2D eigenvalue weighted by Crippen LogP contribution is 2.34. The lowest BCUT2D eigenvalue weighted by Crippen LogP contribution is -2.67. The molecule has 0 aromatic heterocycles. The molecule has 2 rings (SSSR count). The Hall–Kier alpha value is -2.24. The number of carboxylic acid groups (broad SMARTS) is 1. The SMILES string of the molecule is CC(C)(C)OC(=O)N1CC(CC(=O)O)(Oc2cccc(C(C)(C)C)c2)C1. The number of nitrogens with zero attached hydrogens (tertiary/aromatic N) is 1. The number of ether oxygens (including phenoxy) is 2. The molecule has 1 aliphatic rings. The zero-order valence-corrected chi connectivity index (χ0v) is 16.5. The van der Waals surface area contributed by atoms with Crippen LogP contribution < -0.4 is 4.74 Å². The Morgan fingerprint density at radius 2 is 1.77 bits per heavy atom. The minimum absolute atomic E-state index is 0.0402. The van der Waals surface area contributed by atoms with Gasteiger partial charge in [-0.05, 0) is 43.9 Å². The minimum atomic E-state index is -0.958. The second kappa shape index (κ2) is 6.82. The van der Waals surface area contributed by atoms with Crippen molar-refractivity contribution in [3.63, 3.8) is 0 Å². The maximum atomic E-state index is 12.2. The van der Waals surface area contributed by atoms with Crippen LogP contribution in [0, 0.1) is 0 Å². The van der Waals surface area contributed by atoms with Crippen molar-refractivity contribution < 1.29 is 24.2 Å². The smallest absolute Gasteiger partial charge is 0.410 e. The zero-order valence-electron chi connectivity index (χ0n) is 16.5. The van der Waals surface area contributed by atoms with E-state index in [1.54, 1.807) is 20.8 Å². The number of aliphatic carboxylic acids is 1. The standard InChI is InChI=1S/C20H29NO5/c1-18(2,3)14-8-7-9-15(10-14)25-20(11-16(22)23)12-21(13-20)17(24)26-19(4,5)6/h7-10H,11-13H2,1-6H3,(H,22,23). The number of benzene rings is 1. The average Bonchev–Trinajstić information content (AvgIpc) is 2.40. The van der Waals surface area contributed by atoms with Gasteiger partial charge in [0.25, 0.3) is 0 Å². The molecule has 0 bridgehead atoms. The maximum absolute atomic E-state index is 12.2. The summed E-state index contributed by atoms with van der Waals surface area (Å²) in [7, 11) is 0. The second-order valence-corrected chi connectivity index (χ2v) is 8.97. The van der Waals surface area contributed by atoms with E-state index >= 15 is 0 Å². The predicted octanol–water partition coefficient (Wildman–Crippen LogP) is 3.83. The zero-order chi connectivity index (χ0) is 19.8. The lowest BCUT2D eigenvalue weighted by atomic mass is 9.86. The molecular weight excluding hydrogens is 334 g/mol. The molecular formula is C20H29NO5. The monoisotopic (exact) mass is 363 g/mol. The minimum Gasteiger partial charge on any atom is -0.483 e. The number of hydrogen-bond acceptors (Lipinski definition) is 4. The van der Waals surface area contributed by atoms with Crippen molar-refractivity contribution >= 4 is 12.1 Å². The van der Waals surface area contributed by atoms with Gasteiger partial charge in [0.15, 0.2) is 5.60 Å². The summed E-state index contributed by atoms with van der Waals surface area (Å²) in [5.74, 6) is -0.344. The fourth-order valence-electron chi connectivity index (χ4n) is 2.87. The van der Waals surface area contributed by atoms with Crippen LogP contribution in [0.25, 0.3) is 0 Å². The number of hydrogen-bond donors (Lipinski definition) is 1. The Morgan fingerprint density at radius 3 is 2.27 bits per heavy atom. The summed E-state index contributed by atoms with van der Waals surface area (Å²) < 4.78 is 11.4. The molecule has 0 atom stereocenters. The van der Waals surface area contributed by atoms with Gasteiger partial charge in [-0.25, -0.2) is 4.79 Å². The molecule has 1 aliphatic heterocycles. The van der Waals surface area contributed by atoms with Crippen molar-refractivity contribution in [3.8, 4) is 5.75 Å². The fraction of sp³-hybridized carbons (Fsp3) is 0.600. The van der Waals surface area contributed by atoms with E-state index < -0.39 is 23.3 Å². The molecule has 26 heavy (non-hydrogen) atoms. The van der Waals surface area contributed by atoms with Crippen LogP contribution in [-0.2, 0) is 14.9 Å². The highest BCUT2D eigenvalue weighted by atomic mass is 16.6. The van der Waals surface area contributed by atoms with Gasteiger partial charge in [-0.3, -0.25) is 9.69 Å². The number of amides is 1. The van der Waals surface area contributed by atoms with Gasteiger partial charge in [0.05, 0.1) is 19.5 Å². The third-order valence-electron chi connectivity index (χ3n) is 4.12. The summed E-state index contributed by atoms with van der Waals surface area (Å²) in [5, 5.41) is 9.27. The summed E-state index contributed by atoms with van der Waals surface area (Å²) in [6.07, 6.45) is -0.628. The topological polar surface area (TPSA) is 76.1 Å². The average molecular weight is 363 g/mol. The molecule has 1 saturated heterocycles. The van der Waals surface area contributed by atoms with E-state index in [0.717, 1.165) is 5.56 Å². The Morgan fingerprint density at radius 1 is 1.15 bits per heavy atom. The Kier molecular flexibility index (Phi) is 5.26. The highest BCUT2D eigenvalue weighted by molar-refractivity contribution is 5.72. The van der Waals surface area contributed by atoms with Crippen LogP contribution in [0.4, 0.5) is 4.79 Å². The predicted molar refractivity (Wildman–Crippen MR) is 98.6 cm³/mol. The van der Waals surface area contributed by atoms with Crippen LogP contribution in [0.1, 0.15) is 53.5 Å². The maximum Gasteiger partial charge on any atom is 0.410 e. The molecule has 0 radical (unpaired) electrons. The first kappa shape index (κ1) is 20.1. The highest BCUT2D eigenvalue weighted by Gasteiger charge is 2.50. The second-order valence-electron chi connectivity index (χ2n) is 8.97. The third kappa shape index (κ3) is 5.13. The number of carboxylic acids is 1. The molecule has 144 valence electrons. The van der Waals surface area contributed by atoms with Crippen LogP contribution in [0.3, 0.4) is 0 Å². The number of carbonyl (C=O) groups is 2. The van der Waals surface area contributed by atoms with Crippen LogP contribution >= 0.6 is 0 Å². The Bertz CT molecular complexity index is 678. The largest absolute Gasteiger partial charge is 0.483 e. The molecule has 1 aromatic carbocycles. The van der Waals surface area contributed by atoms with Crippen molar-refractivity contribution in [2.45, 2.75) is 64.6 Å². The first-order valence-corrected chi connectivity index (χ1v) is 8.79. The molecule has 1 amide bonds. The molecule has 6 heteroatoms. The van der Waals surface area contributed by atoms with E-state index in [0.29, 0.717) is 5.75 Å². The molecule has 0 unspecified atom stereocenters.